The Morgan fingerprint density at radius 3 is 2.50 bits per heavy atom. The molecule has 1 N–H and O–H groups in total. The molecule has 0 aliphatic rings. The number of hydrogen-bond acceptors (Lipinski definition) is 2. The molecule has 0 saturated carbocycles. The summed E-state index contributed by atoms with van der Waals surface area (Å²) in [6.45, 7) is 7.91. The van der Waals surface area contributed by atoms with Crippen molar-refractivity contribution >= 4 is 11.8 Å². The normalized spacial score (nSPS) is 13.2. The molecule has 0 spiro atoms. The van der Waals surface area contributed by atoms with Crippen LogP contribution in [-0.2, 0) is 0 Å². The van der Waals surface area contributed by atoms with E-state index in [2.05, 4.69) is 26.1 Å². The molecule has 0 rings (SSSR count). The van der Waals surface area contributed by atoms with Crippen LogP contribution in [0.1, 0.15) is 40.0 Å². The van der Waals surface area contributed by atoms with Crippen molar-refractivity contribution in [2.24, 2.45) is 0 Å². The Balaban J connectivity index is 3.19. The molecule has 0 saturated heterocycles. The second-order valence-corrected chi connectivity index (χ2v) is 4.44. The van der Waals surface area contributed by atoms with Crippen molar-refractivity contribution in [2.45, 2.75) is 46.1 Å². The highest BCUT2D eigenvalue weighted by molar-refractivity contribution is 7.99. The van der Waals surface area contributed by atoms with Crippen LogP contribution in [0.4, 0.5) is 0 Å². The fourth-order valence-electron chi connectivity index (χ4n) is 1.28. The lowest BCUT2D eigenvalue weighted by Gasteiger charge is -2.15. The number of hydrogen-bond donors (Lipinski definition) is 1. The first-order valence-electron chi connectivity index (χ1n) is 5.16. The van der Waals surface area contributed by atoms with E-state index >= 15 is 0 Å². The van der Waals surface area contributed by atoms with Gasteiger partial charge in [-0.1, -0.05) is 27.2 Å². The molecule has 1 nitrogen and oxygen atoms in total. The third kappa shape index (κ3) is 6.99. The summed E-state index contributed by atoms with van der Waals surface area (Å²) in [5.41, 5.74) is 0. The third-order valence-corrected chi connectivity index (χ3v) is 2.91. The highest BCUT2D eigenvalue weighted by atomic mass is 32.2. The average Bonchev–Trinajstić information content (AvgIpc) is 2.10. The maximum Gasteiger partial charge on any atom is 0.00646 e. The van der Waals surface area contributed by atoms with E-state index in [-0.39, 0.29) is 0 Å². The predicted octanol–water partition coefficient (Wildman–Crippen LogP) is 2.91. The zero-order valence-corrected chi connectivity index (χ0v) is 9.54. The first-order chi connectivity index (χ1) is 5.85. The topological polar surface area (TPSA) is 12.0 Å². The summed E-state index contributed by atoms with van der Waals surface area (Å²) in [4.78, 5) is 0. The van der Waals surface area contributed by atoms with E-state index in [1.807, 2.05) is 11.8 Å². The van der Waals surface area contributed by atoms with E-state index in [0.717, 1.165) is 6.04 Å². The average molecular weight is 189 g/mol. The van der Waals surface area contributed by atoms with E-state index < -0.39 is 0 Å². The van der Waals surface area contributed by atoms with Crippen molar-refractivity contribution in [3.05, 3.63) is 0 Å². The Bertz CT molecular complexity index is 85.9. The summed E-state index contributed by atoms with van der Waals surface area (Å²) in [7, 11) is 0. The predicted molar refractivity (Wildman–Crippen MR) is 60.0 cm³/mol. The van der Waals surface area contributed by atoms with E-state index in [0.29, 0.717) is 0 Å². The zero-order valence-electron chi connectivity index (χ0n) is 8.73. The van der Waals surface area contributed by atoms with E-state index in [4.69, 9.17) is 0 Å². The first-order valence-corrected chi connectivity index (χ1v) is 6.31. The van der Waals surface area contributed by atoms with Crippen LogP contribution >= 0.6 is 11.8 Å². The summed E-state index contributed by atoms with van der Waals surface area (Å²) in [5, 5.41) is 3.58. The van der Waals surface area contributed by atoms with E-state index in [9.17, 15) is 0 Å². The lowest BCUT2D eigenvalue weighted by Crippen LogP contribution is -2.30. The van der Waals surface area contributed by atoms with Gasteiger partial charge in [-0.05, 0) is 18.6 Å². The smallest absolute Gasteiger partial charge is 0.00646 e. The highest BCUT2D eigenvalue weighted by Gasteiger charge is 2.01. The van der Waals surface area contributed by atoms with E-state index in [1.54, 1.807) is 0 Å². The molecule has 0 aromatic rings. The highest BCUT2D eigenvalue weighted by Crippen LogP contribution is 2.01. The van der Waals surface area contributed by atoms with Gasteiger partial charge in [0, 0.05) is 18.3 Å². The molecule has 2 heteroatoms. The molecule has 0 amide bonds. The molecule has 0 fully saturated rings. The van der Waals surface area contributed by atoms with Crippen molar-refractivity contribution in [2.75, 3.05) is 18.1 Å². The van der Waals surface area contributed by atoms with Gasteiger partial charge in [0.25, 0.3) is 0 Å². The van der Waals surface area contributed by atoms with Crippen molar-refractivity contribution in [3.8, 4) is 0 Å². The van der Waals surface area contributed by atoms with Crippen LogP contribution in [0.15, 0.2) is 0 Å². The van der Waals surface area contributed by atoms with Crippen LogP contribution in [-0.4, -0.2) is 24.1 Å². The van der Waals surface area contributed by atoms with Crippen LogP contribution in [0, 0.1) is 0 Å². The van der Waals surface area contributed by atoms with Gasteiger partial charge in [0.2, 0.25) is 0 Å². The molecular weight excluding hydrogens is 166 g/mol. The Morgan fingerprint density at radius 1 is 1.25 bits per heavy atom. The summed E-state index contributed by atoms with van der Waals surface area (Å²) >= 11 is 2.02. The Morgan fingerprint density at radius 2 is 2.00 bits per heavy atom. The second-order valence-electron chi connectivity index (χ2n) is 3.04. The molecule has 74 valence electrons. The summed E-state index contributed by atoms with van der Waals surface area (Å²) in [5.74, 6) is 2.50. The minimum atomic E-state index is 0.757. The summed E-state index contributed by atoms with van der Waals surface area (Å²) in [6.07, 6.45) is 3.89. The molecule has 0 aliphatic heterocycles. The molecular formula is C10H23NS. The molecule has 0 aliphatic carbocycles. The Labute approximate surface area is 81.7 Å². The zero-order chi connectivity index (χ0) is 9.23. The van der Waals surface area contributed by atoms with Crippen molar-refractivity contribution in [1.29, 1.82) is 0 Å². The van der Waals surface area contributed by atoms with Gasteiger partial charge in [-0.15, -0.1) is 0 Å². The number of rotatable bonds is 8. The van der Waals surface area contributed by atoms with Gasteiger partial charge in [-0.25, -0.2) is 0 Å². The van der Waals surface area contributed by atoms with Crippen LogP contribution in [0.5, 0.6) is 0 Å². The molecule has 1 atom stereocenters. The third-order valence-electron chi connectivity index (χ3n) is 2.01. The second kappa shape index (κ2) is 9.40. The largest absolute Gasteiger partial charge is 0.313 e. The molecule has 0 aromatic heterocycles. The molecule has 0 radical (unpaired) electrons. The monoisotopic (exact) mass is 189 g/mol. The van der Waals surface area contributed by atoms with Crippen LogP contribution in [0.3, 0.4) is 0 Å². The maximum absolute atomic E-state index is 3.58. The SMILES string of the molecule is CCCC(CC)NCCSCC. The lowest BCUT2D eigenvalue weighted by atomic mass is 10.1. The molecule has 12 heavy (non-hydrogen) atoms. The van der Waals surface area contributed by atoms with Crippen molar-refractivity contribution in [1.82, 2.24) is 5.32 Å². The van der Waals surface area contributed by atoms with Gasteiger partial charge in [-0.2, -0.15) is 11.8 Å². The fourth-order valence-corrected chi connectivity index (χ4v) is 1.83. The minimum Gasteiger partial charge on any atom is -0.313 e. The summed E-state index contributed by atoms with van der Waals surface area (Å²) in [6, 6.07) is 0.757. The first kappa shape index (κ1) is 12.3. The Hall–Kier alpha value is 0.310. The van der Waals surface area contributed by atoms with Crippen LogP contribution < -0.4 is 5.32 Å². The van der Waals surface area contributed by atoms with E-state index in [1.165, 1.54) is 37.3 Å². The minimum absolute atomic E-state index is 0.757. The van der Waals surface area contributed by atoms with Crippen molar-refractivity contribution < 1.29 is 0 Å². The standard InChI is InChI=1S/C10H23NS/c1-4-7-10(5-2)11-8-9-12-6-3/h10-11H,4-9H2,1-3H3. The van der Waals surface area contributed by atoms with Crippen molar-refractivity contribution in [3.63, 3.8) is 0 Å². The lowest BCUT2D eigenvalue weighted by molar-refractivity contribution is 0.477. The fraction of sp³-hybridized carbons (Fsp3) is 1.00. The van der Waals surface area contributed by atoms with Gasteiger partial charge in [0.1, 0.15) is 0 Å². The number of nitrogens with one attached hydrogen (secondary N) is 1. The Kier molecular flexibility index (Phi) is 9.64. The molecule has 0 aromatic carbocycles. The quantitative estimate of drug-likeness (QED) is 0.589. The molecule has 0 heterocycles. The van der Waals surface area contributed by atoms with Gasteiger partial charge < -0.3 is 5.32 Å². The van der Waals surface area contributed by atoms with Crippen LogP contribution in [0.2, 0.25) is 0 Å². The molecule has 0 bridgehead atoms. The number of thioether (sulfide) groups is 1. The maximum atomic E-state index is 3.58. The van der Waals surface area contributed by atoms with Gasteiger partial charge in [0.15, 0.2) is 0 Å². The van der Waals surface area contributed by atoms with Gasteiger partial charge >= 0.3 is 0 Å². The summed E-state index contributed by atoms with van der Waals surface area (Å²) < 4.78 is 0. The van der Waals surface area contributed by atoms with Crippen LogP contribution in [0.25, 0.3) is 0 Å². The molecule has 1 unspecified atom stereocenters. The van der Waals surface area contributed by atoms with Gasteiger partial charge in [-0.3, -0.25) is 0 Å². The van der Waals surface area contributed by atoms with Gasteiger partial charge in [0.05, 0.1) is 0 Å².